The van der Waals surface area contributed by atoms with Gasteiger partial charge in [-0.3, -0.25) is 9.48 Å². The summed E-state index contributed by atoms with van der Waals surface area (Å²) in [7, 11) is 1.79. The molecule has 0 atom stereocenters. The molecule has 0 bridgehead atoms. The Morgan fingerprint density at radius 3 is 2.88 bits per heavy atom. The Hall–Kier alpha value is -1.94. The van der Waals surface area contributed by atoms with E-state index in [1.165, 1.54) is 0 Å². The molecule has 4 heteroatoms. The molecule has 1 aromatic carbocycles. The minimum Gasteiger partial charge on any atom is -0.392 e. The molecule has 2 aromatic rings. The number of nitrogens with zero attached hydrogens (tertiary/aromatic N) is 2. The third-order valence-corrected chi connectivity index (χ3v) is 2.53. The maximum atomic E-state index is 10.9. The van der Waals surface area contributed by atoms with Crippen molar-refractivity contribution >= 4 is 6.29 Å². The van der Waals surface area contributed by atoms with Gasteiger partial charge in [0.2, 0.25) is 0 Å². The van der Waals surface area contributed by atoms with Crippen LogP contribution in [-0.4, -0.2) is 21.2 Å². The molecule has 0 amide bonds. The highest BCUT2D eigenvalue weighted by atomic mass is 16.3. The quantitative estimate of drug-likeness (QED) is 0.789. The fourth-order valence-electron chi connectivity index (χ4n) is 1.76. The standard InChI is InChI=1S/C12H12N2O2/c1-14-12(10(8-16)6-13-14)11-5-3-2-4-9(11)7-15/h2-7,16H,8H2,1H3. The van der Waals surface area contributed by atoms with Gasteiger partial charge in [-0.05, 0) is 0 Å². The van der Waals surface area contributed by atoms with Crippen molar-refractivity contribution in [2.75, 3.05) is 0 Å². The predicted octanol–water partition coefficient (Wildman–Crippen LogP) is 1.39. The molecule has 0 spiro atoms. The summed E-state index contributed by atoms with van der Waals surface area (Å²) in [5.41, 5.74) is 2.89. The summed E-state index contributed by atoms with van der Waals surface area (Å²) in [4.78, 5) is 10.9. The van der Waals surface area contributed by atoms with Crippen LogP contribution in [-0.2, 0) is 13.7 Å². The lowest BCUT2D eigenvalue weighted by atomic mass is 10.0. The minimum atomic E-state index is -0.0869. The summed E-state index contributed by atoms with van der Waals surface area (Å²) in [6.45, 7) is -0.0869. The van der Waals surface area contributed by atoms with E-state index in [0.29, 0.717) is 5.56 Å². The van der Waals surface area contributed by atoms with Crippen LogP contribution < -0.4 is 0 Å². The number of aliphatic hydroxyl groups is 1. The van der Waals surface area contributed by atoms with Crippen LogP contribution in [0, 0.1) is 0 Å². The second kappa shape index (κ2) is 4.28. The molecule has 4 nitrogen and oxygen atoms in total. The number of aliphatic hydroxyl groups excluding tert-OH is 1. The molecule has 1 N–H and O–H groups in total. The van der Waals surface area contributed by atoms with E-state index in [1.807, 2.05) is 18.2 Å². The maximum Gasteiger partial charge on any atom is 0.150 e. The fourth-order valence-corrected chi connectivity index (χ4v) is 1.76. The largest absolute Gasteiger partial charge is 0.392 e. The van der Waals surface area contributed by atoms with Crippen molar-refractivity contribution in [1.29, 1.82) is 0 Å². The van der Waals surface area contributed by atoms with Crippen LogP contribution in [0.1, 0.15) is 15.9 Å². The molecule has 0 radical (unpaired) electrons. The maximum absolute atomic E-state index is 10.9. The summed E-state index contributed by atoms with van der Waals surface area (Å²) in [5, 5.41) is 13.3. The number of benzene rings is 1. The van der Waals surface area contributed by atoms with Crippen molar-refractivity contribution in [3.05, 3.63) is 41.6 Å². The molecule has 1 aromatic heterocycles. The van der Waals surface area contributed by atoms with Crippen LogP contribution in [0.25, 0.3) is 11.3 Å². The van der Waals surface area contributed by atoms with Crippen molar-refractivity contribution in [3.8, 4) is 11.3 Å². The highest BCUT2D eigenvalue weighted by molar-refractivity contribution is 5.87. The molecule has 0 aliphatic heterocycles. The SMILES string of the molecule is Cn1ncc(CO)c1-c1ccccc1C=O. The molecule has 0 saturated carbocycles. The number of aryl methyl sites for hydroxylation is 1. The Labute approximate surface area is 93.1 Å². The zero-order valence-electron chi connectivity index (χ0n) is 8.92. The van der Waals surface area contributed by atoms with E-state index < -0.39 is 0 Å². The van der Waals surface area contributed by atoms with E-state index in [1.54, 1.807) is 24.0 Å². The number of rotatable bonds is 3. The van der Waals surface area contributed by atoms with E-state index in [4.69, 9.17) is 0 Å². The summed E-state index contributed by atoms with van der Waals surface area (Å²) in [5.74, 6) is 0. The van der Waals surface area contributed by atoms with Crippen molar-refractivity contribution in [3.63, 3.8) is 0 Å². The van der Waals surface area contributed by atoms with Gasteiger partial charge in [-0.2, -0.15) is 5.10 Å². The lowest BCUT2D eigenvalue weighted by Crippen LogP contribution is -1.98. The van der Waals surface area contributed by atoms with Gasteiger partial charge in [0, 0.05) is 23.7 Å². The highest BCUT2D eigenvalue weighted by Crippen LogP contribution is 2.25. The number of aromatic nitrogens is 2. The van der Waals surface area contributed by atoms with E-state index >= 15 is 0 Å². The zero-order valence-corrected chi connectivity index (χ0v) is 8.92. The van der Waals surface area contributed by atoms with Crippen LogP contribution in [0.2, 0.25) is 0 Å². The molecule has 0 aliphatic carbocycles. The van der Waals surface area contributed by atoms with Gasteiger partial charge in [-0.25, -0.2) is 0 Å². The monoisotopic (exact) mass is 216 g/mol. The van der Waals surface area contributed by atoms with Crippen LogP contribution in [0.5, 0.6) is 0 Å². The molecular formula is C12H12N2O2. The molecule has 0 aliphatic rings. The van der Waals surface area contributed by atoms with Crippen molar-refractivity contribution in [2.24, 2.45) is 7.05 Å². The second-order valence-electron chi connectivity index (χ2n) is 3.51. The average Bonchev–Trinajstić information content (AvgIpc) is 2.70. The van der Waals surface area contributed by atoms with E-state index in [-0.39, 0.29) is 6.61 Å². The number of hydrogen-bond donors (Lipinski definition) is 1. The first-order chi connectivity index (χ1) is 7.77. The normalized spacial score (nSPS) is 10.4. The predicted molar refractivity (Wildman–Crippen MR) is 60.0 cm³/mol. The number of hydrogen-bond acceptors (Lipinski definition) is 3. The Bertz CT molecular complexity index is 517. The average molecular weight is 216 g/mol. The third-order valence-electron chi connectivity index (χ3n) is 2.53. The Kier molecular flexibility index (Phi) is 2.83. The molecule has 82 valence electrons. The number of carbonyl (C=O) groups excluding carboxylic acids is 1. The zero-order chi connectivity index (χ0) is 11.5. The van der Waals surface area contributed by atoms with Gasteiger partial charge in [0.25, 0.3) is 0 Å². The number of aldehydes is 1. The molecule has 0 unspecified atom stereocenters. The summed E-state index contributed by atoms with van der Waals surface area (Å²) >= 11 is 0. The van der Waals surface area contributed by atoms with E-state index in [0.717, 1.165) is 23.1 Å². The smallest absolute Gasteiger partial charge is 0.150 e. The van der Waals surface area contributed by atoms with Crippen LogP contribution >= 0.6 is 0 Å². The molecule has 0 fully saturated rings. The topological polar surface area (TPSA) is 55.1 Å². The van der Waals surface area contributed by atoms with E-state index in [2.05, 4.69) is 5.10 Å². The lowest BCUT2D eigenvalue weighted by Gasteiger charge is -2.07. The second-order valence-corrected chi connectivity index (χ2v) is 3.51. The minimum absolute atomic E-state index is 0.0869. The van der Waals surface area contributed by atoms with Gasteiger partial charge < -0.3 is 5.11 Å². The van der Waals surface area contributed by atoms with E-state index in [9.17, 15) is 9.90 Å². The summed E-state index contributed by atoms with van der Waals surface area (Å²) in [6, 6.07) is 7.26. The van der Waals surface area contributed by atoms with Gasteiger partial charge in [-0.15, -0.1) is 0 Å². The third kappa shape index (κ3) is 1.63. The Morgan fingerprint density at radius 2 is 2.19 bits per heavy atom. The highest BCUT2D eigenvalue weighted by Gasteiger charge is 2.12. The first kappa shape index (κ1) is 10.6. The molecule has 2 rings (SSSR count). The van der Waals surface area contributed by atoms with Gasteiger partial charge in [0.05, 0.1) is 18.5 Å². The molecule has 1 heterocycles. The van der Waals surface area contributed by atoms with Gasteiger partial charge in [-0.1, -0.05) is 24.3 Å². The van der Waals surface area contributed by atoms with Crippen LogP contribution in [0.15, 0.2) is 30.5 Å². The molecule has 0 saturated heterocycles. The number of carbonyl (C=O) groups is 1. The van der Waals surface area contributed by atoms with Crippen molar-refractivity contribution in [1.82, 2.24) is 9.78 Å². The summed E-state index contributed by atoms with van der Waals surface area (Å²) < 4.78 is 1.66. The lowest BCUT2D eigenvalue weighted by molar-refractivity contribution is 0.112. The molecular weight excluding hydrogens is 204 g/mol. The Balaban J connectivity index is 2.66. The molecule has 16 heavy (non-hydrogen) atoms. The Morgan fingerprint density at radius 1 is 1.44 bits per heavy atom. The fraction of sp³-hybridized carbons (Fsp3) is 0.167. The van der Waals surface area contributed by atoms with Gasteiger partial charge in [0.1, 0.15) is 0 Å². The van der Waals surface area contributed by atoms with Crippen molar-refractivity contribution in [2.45, 2.75) is 6.61 Å². The first-order valence-electron chi connectivity index (χ1n) is 4.94. The van der Waals surface area contributed by atoms with Crippen LogP contribution in [0.4, 0.5) is 0 Å². The summed E-state index contributed by atoms with van der Waals surface area (Å²) in [6.07, 6.45) is 2.42. The van der Waals surface area contributed by atoms with Crippen LogP contribution in [0.3, 0.4) is 0 Å². The van der Waals surface area contributed by atoms with Gasteiger partial charge in [0.15, 0.2) is 6.29 Å². The first-order valence-corrected chi connectivity index (χ1v) is 4.94. The van der Waals surface area contributed by atoms with Crippen molar-refractivity contribution < 1.29 is 9.90 Å². The van der Waals surface area contributed by atoms with Gasteiger partial charge >= 0.3 is 0 Å².